The fraction of sp³-hybridized carbons (Fsp3) is 0.214. The third-order valence-corrected chi connectivity index (χ3v) is 3.24. The van der Waals surface area contributed by atoms with Crippen LogP contribution in [-0.2, 0) is 6.42 Å². The average Bonchev–Trinajstić information content (AvgIpc) is 2.26. The summed E-state index contributed by atoms with van der Waals surface area (Å²) in [5.41, 5.74) is 4.23. The SMILES string of the molecule is C=CCc1c(C)nc2c(C)cccc2c1Cl. The number of nitrogens with zero attached hydrogens (tertiary/aromatic N) is 1. The molecule has 0 N–H and O–H groups in total. The number of aryl methyl sites for hydroxylation is 2. The summed E-state index contributed by atoms with van der Waals surface area (Å²) in [5, 5.41) is 1.84. The minimum absolute atomic E-state index is 0.765. The fourth-order valence-corrected chi connectivity index (χ4v) is 2.29. The van der Waals surface area contributed by atoms with Crippen LogP contribution in [0.4, 0.5) is 0 Å². The van der Waals surface area contributed by atoms with Crippen molar-refractivity contribution in [3.63, 3.8) is 0 Å². The van der Waals surface area contributed by atoms with Crippen LogP contribution >= 0.6 is 11.6 Å². The molecule has 1 nitrogen and oxygen atoms in total. The molecule has 2 heteroatoms. The third-order valence-electron chi connectivity index (χ3n) is 2.80. The molecule has 2 rings (SSSR count). The molecule has 0 amide bonds. The van der Waals surface area contributed by atoms with Gasteiger partial charge in [-0.2, -0.15) is 0 Å². The number of aromatic nitrogens is 1. The number of pyridine rings is 1. The van der Waals surface area contributed by atoms with Gasteiger partial charge in [0.25, 0.3) is 0 Å². The van der Waals surface area contributed by atoms with Gasteiger partial charge in [-0.3, -0.25) is 4.98 Å². The number of allylic oxidation sites excluding steroid dienone is 1. The van der Waals surface area contributed by atoms with Crippen LogP contribution in [-0.4, -0.2) is 4.98 Å². The first kappa shape index (κ1) is 11.2. The Balaban J connectivity index is 2.83. The van der Waals surface area contributed by atoms with Crippen LogP contribution in [0.3, 0.4) is 0 Å². The summed E-state index contributed by atoms with van der Waals surface area (Å²) in [5.74, 6) is 0. The Morgan fingerprint density at radius 3 is 2.81 bits per heavy atom. The molecule has 0 radical (unpaired) electrons. The van der Waals surface area contributed by atoms with Gasteiger partial charge >= 0.3 is 0 Å². The van der Waals surface area contributed by atoms with Crippen LogP contribution in [0.5, 0.6) is 0 Å². The predicted octanol–water partition coefficient (Wildman–Crippen LogP) is 4.23. The van der Waals surface area contributed by atoms with E-state index in [9.17, 15) is 0 Å². The standard InChI is InChI=1S/C14H14ClN/c1-4-6-11-10(3)16-14-9(2)7-5-8-12(14)13(11)15/h4-5,7-8H,1,6H2,2-3H3. The largest absolute Gasteiger partial charge is 0.252 e. The molecule has 82 valence electrons. The Bertz CT molecular complexity index is 558. The van der Waals surface area contributed by atoms with Gasteiger partial charge in [-0.1, -0.05) is 35.9 Å². The summed E-state index contributed by atoms with van der Waals surface area (Å²) in [4.78, 5) is 4.62. The molecule has 0 spiro atoms. The molecule has 0 aliphatic rings. The number of fused-ring (bicyclic) bond motifs is 1. The lowest BCUT2D eigenvalue weighted by Gasteiger charge is -2.10. The quantitative estimate of drug-likeness (QED) is 0.705. The lowest BCUT2D eigenvalue weighted by molar-refractivity contribution is 1.13. The van der Waals surface area contributed by atoms with E-state index in [0.717, 1.165) is 39.2 Å². The van der Waals surface area contributed by atoms with Gasteiger partial charge in [0, 0.05) is 11.1 Å². The maximum absolute atomic E-state index is 6.41. The van der Waals surface area contributed by atoms with Gasteiger partial charge in [0.15, 0.2) is 0 Å². The summed E-state index contributed by atoms with van der Waals surface area (Å²) >= 11 is 6.41. The first-order valence-corrected chi connectivity index (χ1v) is 5.68. The second-order valence-corrected chi connectivity index (χ2v) is 4.33. The zero-order chi connectivity index (χ0) is 11.7. The second-order valence-electron chi connectivity index (χ2n) is 3.95. The molecule has 0 fully saturated rings. The van der Waals surface area contributed by atoms with E-state index >= 15 is 0 Å². The minimum atomic E-state index is 0.765. The van der Waals surface area contributed by atoms with Crippen molar-refractivity contribution in [1.82, 2.24) is 4.98 Å². The third kappa shape index (κ3) is 1.72. The lowest BCUT2D eigenvalue weighted by atomic mass is 10.0. The Kier molecular flexibility index (Phi) is 2.97. The van der Waals surface area contributed by atoms with E-state index in [1.165, 1.54) is 0 Å². The lowest BCUT2D eigenvalue weighted by Crippen LogP contribution is -1.96. The molecule has 0 saturated heterocycles. The highest BCUT2D eigenvalue weighted by atomic mass is 35.5. The van der Waals surface area contributed by atoms with Gasteiger partial charge in [-0.25, -0.2) is 0 Å². The molecule has 1 heterocycles. The summed E-state index contributed by atoms with van der Waals surface area (Å²) < 4.78 is 0. The minimum Gasteiger partial charge on any atom is -0.252 e. The molecule has 0 unspecified atom stereocenters. The Morgan fingerprint density at radius 1 is 1.38 bits per heavy atom. The molecule has 0 saturated carbocycles. The van der Waals surface area contributed by atoms with E-state index in [0.29, 0.717) is 0 Å². The van der Waals surface area contributed by atoms with E-state index in [1.54, 1.807) is 0 Å². The number of para-hydroxylation sites is 1. The van der Waals surface area contributed by atoms with Crippen molar-refractivity contribution in [3.05, 3.63) is 52.7 Å². The van der Waals surface area contributed by atoms with Crippen LogP contribution in [0.2, 0.25) is 5.02 Å². The van der Waals surface area contributed by atoms with Crippen molar-refractivity contribution in [2.24, 2.45) is 0 Å². The fourth-order valence-electron chi connectivity index (χ4n) is 1.92. The Morgan fingerprint density at radius 2 is 2.12 bits per heavy atom. The number of rotatable bonds is 2. The van der Waals surface area contributed by atoms with Crippen LogP contribution in [0.25, 0.3) is 10.9 Å². The molecule has 2 aromatic rings. The van der Waals surface area contributed by atoms with Gasteiger partial charge in [0.2, 0.25) is 0 Å². The smallest absolute Gasteiger partial charge is 0.0749 e. The van der Waals surface area contributed by atoms with Crippen LogP contribution in [0.1, 0.15) is 16.8 Å². The molecule has 0 aliphatic heterocycles. The first-order chi connectivity index (χ1) is 7.65. The van der Waals surface area contributed by atoms with Gasteiger partial charge in [-0.15, -0.1) is 6.58 Å². The first-order valence-electron chi connectivity index (χ1n) is 5.30. The summed E-state index contributed by atoms with van der Waals surface area (Å²) in [6.07, 6.45) is 2.62. The Hall–Kier alpha value is -1.34. The predicted molar refractivity (Wildman–Crippen MR) is 70.1 cm³/mol. The normalized spacial score (nSPS) is 10.7. The summed E-state index contributed by atoms with van der Waals surface area (Å²) in [6.45, 7) is 7.80. The second kappa shape index (κ2) is 4.26. The highest BCUT2D eigenvalue weighted by Crippen LogP contribution is 2.29. The van der Waals surface area contributed by atoms with Crippen LogP contribution < -0.4 is 0 Å². The monoisotopic (exact) mass is 231 g/mol. The van der Waals surface area contributed by atoms with Gasteiger partial charge in [0.05, 0.1) is 10.5 Å². The summed E-state index contributed by atoms with van der Waals surface area (Å²) in [7, 11) is 0. The van der Waals surface area contributed by atoms with Gasteiger partial charge in [-0.05, 0) is 31.4 Å². The summed E-state index contributed by atoms with van der Waals surface area (Å²) in [6, 6.07) is 6.08. The number of halogens is 1. The van der Waals surface area contributed by atoms with Crippen LogP contribution in [0.15, 0.2) is 30.9 Å². The van der Waals surface area contributed by atoms with E-state index in [1.807, 2.05) is 25.1 Å². The van der Waals surface area contributed by atoms with E-state index in [2.05, 4.69) is 24.6 Å². The van der Waals surface area contributed by atoms with E-state index in [4.69, 9.17) is 11.6 Å². The highest BCUT2D eigenvalue weighted by Gasteiger charge is 2.10. The molecular weight excluding hydrogens is 218 g/mol. The molecule has 16 heavy (non-hydrogen) atoms. The molecular formula is C14H14ClN. The molecule has 0 atom stereocenters. The van der Waals surface area contributed by atoms with Gasteiger partial charge < -0.3 is 0 Å². The van der Waals surface area contributed by atoms with Crippen molar-refractivity contribution < 1.29 is 0 Å². The molecule has 0 aliphatic carbocycles. The van der Waals surface area contributed by atoms with E-state index < -0.39 is 0 Å². The van der Waals surface area contributed by atoms with Crippen molar-refractivity contribution >= 4 is 22.5 Å². The number of hydrogen-bond acceptors (Lipinski definition) is 1. The maximum Gasteiger partial charge on any atom is 0.0749 e. The van der Waals surface area contributed by atoms with Crippen molar-refractivity contribution in [2.75, 3.05) is 0 Å². The number of hydrogen-bond donors (Lipinski definition) is 0. The molecule has 1 aromatic heterocycles. The van der Waals surface area contributed by atoms with Crippen molar-refractivity contribution in [3.8, 4) is 0 Å². The topological polar surface area (TPSA) is 12.9 Å². The van der Waals surface area contributed by atoms with E-state index in [-0.39, 0.29) is 0 Å². The highest BCUT2D eigenvalue weighted by molar-refractivity contribution is 6.36. The average molecular weight is 232 g/mol. The zero-order valence-electron chi connectivity index (χ0n) is 9.55. The molecule has 1 aromatic carbocycles. The zero-order valence-corrected chi connectivity index (χ0v) is 10.3. The maximum atomic E-state index is 6.41. The van der Waals surface area contributed by atoms with Crippen molar-refractivity contribution in [1.29, 1.82) is 0 Å². The Labute approximate surface area is 101 Å². The molecule has 0 bridgehead atoms. The van der Waals surface area contributed by atoms with Gasteiger partial charge in [0.1, 0.15) is 0 Å². The van der Waals surface area contributed by atoms with Crippen LogP contribution in [0, 0.1) is 13.8 Å². The van der Waals surface area contributed by atoms with Crippen molar-refractivity contribution in [2.45, 2.75) is 20.3 Å². The number of benzene rings is 1.